The summed E-state index contributed by atoms with van der Waals surface area (Å²) in [6.45, 7) is -0.918. The van der Waals surface area contributed by atoms with E-state index < -0.39 is 18.2 Å². The second-order valence-electron chi connectivity index (χ2n) is 6.72. The van der Waals surface area contributed by atoms with Gasteiger partial charge in [0, 0.05) is 0 Å². The van der Waals surface area contributed by atoms with E-state index in [0.29, 0.717) is 5.56 Å². The third-order valence-electron chi connectivity index (χ3n) is 4.66. The fraction of sp³-hybridized carbons (Fsp3) is 0.200. The van der Waals surface area contributed by atoms with E-state index in [2.05, 4.69) is 48.1 Å². The van der Waals surface area contributed by atoms with Gasteiger partial charge in [0.15, 0.2) is 11.6 Å². The van der Waals surface area contributed by atoms with Crippen LogP contribution >= 0.6 is 0 Å². The van der Waals surface area contributed by atoms with Gasteiger partial charge in [0.25, 0.3) is 0 Å². The maximum Gasteiger partial charge on any atom is 0.387 e. The number of rotatable bonds is 8. The van der Waals surface area contributed by atoms with E-state index in [4.69, 9.17) is 0 Å². The normalized spacial score (nSPS) is 11.3. The van der Waals surface area contributed by atoms with Gasteiger partial charge in [-0.05, 0) is 59.2 Å². The molecule has 0 aliphatic heterocycles. The summed E-state index contributed by atoms with van der Waals surface area (Å²) in [5, 5.41) is 0. The smallest absolute Gasteiger partial charge is 0.387 e. The summed E-state index contributed by atoms with van der Waals surface area (Å²) in [5.74, 6) is -1.26. The second kappa shape index (κ2) is 9.97. The zero-order valence-electron chi connectivity index (χ0n) is 16.2. The average Bonchev–Trinajstić information content (AvgIpc) is 2.73. The molecule has 0 spiro atoms. The van der Waals surface area contributed by atoms with Crippen molar-refractivity contribution < 1.29 is 17.9 Å². The molecule has 0 saturated heterocycles. The van der Waals surface area contributed by atoms with Crippen LogP contribution in [-0.2, 0) is 6.42 Å². The molecule has 0 aromatic heterocycles. The van der Waals surface area contributed by atoms with Crippen molar-refractivity contribution >= 4 is 0 Å². The van der Waals surface area contributed by atoms with E-state index in [1.807, 2.05) is 24.3 Å². The summed E-state index contributed by atoms with van der Waals surface area (Å²) in [5.41, 5.74) is 4.87. The molecule has 0 fully saturated rings. The monoisotopic (exact) mass is 396 g/mol. The van der Waals surface area contributed by atoms with Crippen molar-refractivity contribution in [3.05, 3.63) is 90.3 Å². The third kappa shape index (κ3) is 5.74. The molecular weight excluding hydrogens is 373 g/mol. The van der Waals surface area contributed by atoms with Crippen molar-refractivity contribution in [3.63, 3.8) is 0 Å². The van der Waals surface area contributed by atoms with Crippen LogP contribution in [0.25, 0.3) is 22.3 Å². The SMILES string of the molecule is CCC=CCCc1ccc(-c2ccc(-c3ccc(OC(F)F)c(F)c3)cc2)cc1. The Morgan fingerprint density at radius 3 is 1.90 bits per heavy atom. The predicted molar refractivity (Wildman–Crippen MR) is 112 cm³/mol. The van der Waals surface area contributed by atoms with Gasteiger partial charge in [-0.2, -0.15) is 8.78 Å². The van der Waals surface area contributed by atoms with E-state index in [0.717, 1.165) is 36.0 Å². The Hall–Kier alpha value is -3.01. The zero-order valence-corrected chi connectivity index (χ0v) is 16.2. The van der Waals surface area contributed by atoms with Crippen LogP contribution in [0.2, 0.25) is 0 Å². The van der Waals surface area contributed by atoms with E-state index in [9.17, 15) is 13.2 Å². The summed E-state index contributed by atoms with van der Waals surface area (Å²) >= 11 is 0. The number of alkyl halides is 2. The van der Waals surface area contributed by atoms with Crippen LogP contribution in [0.5, 0.6) is 5.75 Å². The molecular formula is C25H23F3O. The molecule has 0 amide bonds. The molecule has 0 radical (unpaired) electrons. The average molecular weight is 396 g/mol. The minimum atomic E-state index is -3.05. The fourth-order valence-corrected chi connectivity index (χ4v) is 3.13. The van der Waals surface area contributed by atoms with E-state index >= 15 is 0 Å². The van der Waals surface area contributed by atoms with Gasteiger partial charge in [0.05, 0.1) is 0 Å². The highest BCUT2D eigenvalue weighted by Crippen LogP contribution is 2.29. The van der Waals surface area contributed by atoms with Crippen molar-refractivity contribution in [2.75, 3.05) is 0 Å². The van der Waals surface area contributed by atoms with Gasteiger partial charge in [0.2, 0.25) is 0 Å². The molecule has 0 aliphatic rings. The highest BCUT2D eigenvalue weighted by Gasteiger charge is 2.11. The Kier molecular flexibility index (Phi) is 7.12. The van der Waals surface area contributed by atoms with Crippen LogP contribution < -0.4 is 4.74 Å². The minimum Gasteiger partial charge on any atom is -0.432 e. The van der Waals surface area contributed by atoms with Crippen LogP contribution in [0.1, 0.15) is 25.3 Å². The van der Waals surface area contributed by atoms with E-state index in [-0.39, 0.29) is 0 Å². The number of ether oxygens (including phenoxy) is 1. The van der Waals surface area contributed by atoms with E-state index in [1.165, 1.54) is 17.7 Å². The summed E-state index contributed by atoms with van der Waals surface area (Å²) in [7, 11) is 0. The molecule has 0 heterocycles. The maximum absolute atomic E-state index is 13.9. The molecule has 150 valence electrons. The molecule has 1 nitrogen and oxygen atoms in total. The lowest BCUT2D eigenvalue weighted by Crippen LogP contribution is -2.03. The molecule has 0 unspecified atom stereocenters. The molecule has 4 heteroatoms. The lowest BCUT2D eigenvalue weighted by atomic mass is 9.99. The molecule has 0 N–H and O–H groups in total. The third-order valence-corrected chi connectivity index (χ3v) is 4.66. The second-order valence-corrected chi connectivity index (χ2v) is 6.72. The Bertz CT molecular complexity index is 945. The van der Waals surface area contributed by atoms with Crippen LogP contribution in [0, 0.1) is 5.82 Å². The number of allylic oxidation sites excluding steroid dienone is 2. The zero-order chi connectivity index (χ0) is 20.6. The standard InChI is InChI=1S/C25H23F3O/c1-2-3-4-5-6-18-7-9-19(10-8-18)20-11-13-21(14-12-20)22-15-16-24(23(26)17-22)29-25(27)28/h3-4,7-17,25H,2,5-6H2,1H3. The van der Waals surface area contributed by atoms with Gasteiger partial charge in [-0.15, -0.1) is 0 Å². The molecule has 3 rings (SSSR count). The summed E-state index contributed by atoms with van der Waals surface area (Å²) in [6.07, 6.45) is 7.52. The van der Waals surface area contributed by atoms with E-state index in [1.54, 1.807) is 6.07 Å². The fourth-order valence-electron chi connectivity index (χ4n) is 3.13. The van der Waals surface area contributed by atoms with Crippen molar-refractivity contribution in [2.24, 2.45) is 0 Å². The van der Waals surface area contributed by atoms with Crippen LogP contribution in [-0.4, -0.2) is 6.61 Å². The molecule has 0 saturated carbocycles. The van der Waals surface area contributed by atoms with Crippen molar-refractivity contribution in [1.82, 2.24) is 0 Å². The number of hydrogen-bond donors (Lipinski definition) is 0. The summed E-state index contributed by atoms with van der Waals surface area (Å²) < 4.78 is 42.6. The summed E-state index contributed by atoms with van der Waals surface area (Å²) in [4.78, 5) is 0. The first kappa shape index (κ1) is 20.7. The molecule has 0 bridgehead atoms. The first-order valence-corrected chi connectivity index (χ1v) is 9.66. The first-order valence-electron chi connectivity index (χ1n) is 9.66. The minimum absolute atomic E-state index is 0.453. The van der Waals surface area contributed by atoms with Crippen LogP contribution in [0.15, 0.2) is 78.9 Å². The van der Waals surface area contributed by atoms with Crippen molar-refractivity contribution in [1.29, 1.82) is 0 Å². The Morgan fingerprint density at radius 2 is 1.34 bits per heavy atom. The largest absolute Gasteiger partial charge is 0.432 e. The molecule has 3 aromatic carbocycles. The van der Waals surface area contributed by atoms with Gasteiger partial charge in [-0.25, -0.2) is 4.39 Å². The highest BCUT2D eigenvalue weighted by atomic mass is 19.3. The number of hydrogen-bond acceptors (Lipinski definition) is 1. The van der Waals surface area contributed by atoms with Gasteiger partial charge < -0.3 is 4.74 Å². The van der Waals surface area contributed by atoms with Gasteiger partial charge in [-0.3, -0.25) is 0 Å². The quantitative estimate of drug-likeness (QED) is 0.355. The lowest BCUT2D eigenvalue weighted by molar-refractivity contribution is -0.0521. The predicted octanol–water partition coefficient (Wildman–Crippen LogP) is 7.66. The summed E-state index contributed by atoms with van der Waals surface area (Å²) in [6, 6.07) is 20.2. The molecule has 3 aromatic rings. The molecule has 0 atom stereocenters. The van der Waals surface area contributed by atoms with Crippen molar-refractivity contribution in [2.45, 2.75) is 32.8 Å². The van der Waals surface area contributed by atoms with Gasteiger partial charge >= 0.3 is 6.61 Å². The highest BCUT2D eigenvalue weighted by molar-refractivity contribution is 5.71. The topological polar surface area (TPSA) is 9.23 Å². The first-order chi connectivity index (χ1) is 14.1. The Morgan fingerprint density at radius 1 is 0.793 bits per heavy atom. The lowest BCUT2D eigenvalue weighted by Gasteiger charge is -2.09. The Labute approximate surface area is 169 Å². The molecule has 0 aliphatic carbocycles. The van der Waals surface area contributed by atoms with Crippen molar-refractivity contribution in [3.8, 4) is 28.0 Å². The van der Waals surface area contributed by atoms with Crippen LogP contribution in [0.4, 0.5) is 13.2 Å². The Balaban J connectivity index is 1.70. The number of benzene rings is 3. The molecule has 29 heavy (non-hydrogen) atoms. The van der Waals surface area contributed by atoms with Crippen LogP contribution in [0.3, 0.4) is 0 Å². The van der Waals surface area contributed by atoms with Gasteiger partial charge in [-0.1, -0.05) is 73.7 Å². The maximum atomic E-state index is 13.9. The number of aryl methyl sites for hydroxylation is 1. The van der Waals surface area contributed by atoms with Gasteiger partial charge in [0.1, 0.15) is 0 Å². The number of halogens is 3.